The predicted molar refractivity (Wildman–Crippen MR) is 67.2 cm³/mol. The van der Waals surface area contributed by atoms with Gasteiger partial charge >= 0.3 is 0 Å². The smallest absolute Gasteiger partial charge is 0.258 e. The molecule has 10 heteroatoms. The van der Waals surface area contributed by atoms with Gasteiger partial charge < -0.3 is 0 Å². The summed E-state index contributed by atoms with van der Waals surface area (Å²) >= 11 is 0. The number of primary sulfonamides is 1. The third-order valence-corrected chi connectivity index (χ3v) is 2.92. The van der Waals surface area contributed by atoms with Crippen molar-refractivity contribution >= 4 is 21.4 Å². The third kappa shape index (κ3) is 3.96. The number of nitro benzene ring substituents is 2. The molecule has 0 saturated carbocycles. The molecule has 1 aromatic carbocycles. The summed E-state index contributed by atoms with van der Waals surface area (Å²) < 4.78 is 22.2. The Morgan fingerprint density at radius 3 is 1.79 bits per heavy atom. The fraction of sp³-hybridized carbons (Fsp3) is 0.333. The first kappa shape index (κ1) is 16.9. The summed E-state index contributed by atoms with van der Waals surface area (Å²) in [6, 6.07) is 1.39. The van der Waals surface area contributed by atoms with E-state index in [0.717, 1.165) is 6.07 Å². The van der Waals surface area contributed by atoms with Crippen LogP contribution in [0, 0.1) is 27.2 Å². The van der Waals surface area contributed by atoms with Crippen LogP contribution in [0.3, 0.4) is 0 Å². The average Bonchev–Trinajstić information content (AvgIpc) is 2.29. The number of nitrogens with two attached hydrogens (primary N) is 1. The van der Waals surface area contributed by atoms with E-state index in [-0.39, 0.29) is 5.56 Å². The second kappa shape index (κ2) is 6.20. The molecule has 1 aromatic rings. The van der Waals surface area contributed by atoms with E-state index in [1.54, 1.807) is 0 Å². The van der Waals surface area contributed by atoms with Crippen LogP contribution < -0.4 is 5.14 Å². The molecule has 0 unspecified atom stereocenters. The number of sulfonamides is 1. The molecule has 0 aliphatic carbocycles. The zero-order chi connectivity index (χ0) is 15.4. The molecule has 1 rings (SSSR count). The van der Waals surface area contributed by atoms with Crippen LogP contribution in [0.4, 0.5) is 11.4 Å². The second-order valence-electron chi connectivity index (χ2n) is 3.17. The van der Waals surface area contributed by atoms with Crippen molar-refractivity contribution in [3.05, 3.63) is 37.9 Å². The molecule has 2 N–H and O–H groups in total. The van der Waals surface area contributed by atoms with Crippen LogP contribution in [0.2, 0.25) is 0 Å². The summed E-state index contributed by atoms with van der Waals surface area (Å²) in [6.45, 7) is 5.26. The van der Waals surface area contributed by atoms with Gasteiger partial charge in [0.05, 0.1) is 15.9 Å². The van der Waals surface area contributed by atoms with Gasteiger partial charge in [0.1, 0.15) is 0 Å². The van der Waals surface area contributed by atoms with Gasteiger partial charge in [0.25, 0.3) is 11.4 Å². The van der Waals surface area contributed by atoms with E-state index < -0.39 is 36.1 Å². The maximum atomic E-state index is 11.1. The summed E-state index contributed by atoms with van der Waals surface area (Å²) in [5.74, 6) is 0. The maximum absolute atomic E-state index is 11.1. The predicted octanol–water partition coefficient (Wildman–Crippen LogP) is 1.49. The van der Waals surface area contributed by atoms with Crippen molar-refractivity contribution in [3.8, 4) is 0 Å². The Kier molecular flexibility index (Phi) is 5.53. The Bertz CT molecular complexity index is 611. The molecule has 0 aliphatic rings. The van der Waals surface area contributed by atoms with E-state index in [4.69, 9.17) is 5.14 Å². The number of benzene rings is 1. The molecule has 0 spiro atoms. The summed E-state index contributed by atoms with van der Waals surface area (Å²) in [6.07, 6.45) is 0. The molecule has 0 fully saturated rings. The Morgan fingerprint density at radius 1 is 1.05 bits per heavy atom. The van der Waals surface area contributed by atoms with Gasteiger partial charge in [0, 0.05) is 5.56 Å². The van der Waals surface area contributed by atoms with Gasteiger partial charge in [-0.1, -0.05) is 13.8 Å². The number of rotatable bonds is 3. The van der Waals surface area contributed by atoms with Crippen LogP contribution in [-0.2, 0) is 10.0 Å². The van der Waals surface area contributed by atoms with Crippen LogP contribution in [0.15, 0.2) is 17.0 Å². The summed E-state index contributed by atoms with van der Waals surface area (Å²) in [4.78, 5) is 18.6. The fourth-order valence-electron chi connectivity index (χ4n) is 1.23. The van der Waals surface area contributed by atoms with Crippen LogP contribution in [0.5, 0.6) is 0 Å². The highest BCUT2D eigenvalue weighted by Crippen LogP contribution is 2.30. The van der Waals surface area contributed by atoms with E-state index in [1.807, 2.05) is 13.8 Å². The molecule has 0 heterocycles. The molecule has 0 aliphatic heterocycles. The van der Waals surface area contributed by atoms with E-state index in [0.29, 0.717) is 6.07 Å². The van der Waals surface area contributed by atoms with Crippen LogP contribution in [0.1, 0.15) is 19.4 Å². The monoisotopic (exact) mass is 291 g/mol. The molecular weight excluding hydrogens is 278 g/mol. The Balaban J connectivity index is 0.00000154. The van der Waals surface area contributed by atoms with Gasteiger partial charge in [-0.25, -0.2) is 13.6 Å². The van der Waals surface area contributed by atoms with E-state index in [2.05, 4.69) is 0 Å². The van der Waals surface area contributed by atoms with Gasteiger partial charge in [0.2, 0.25) is 10.0 Å². The SMILES string of the molecule is CC.Cc1cc(S(N)(=O)=O)c([N+](=O)[O-])cc1[N+](=O)[O-]. The molecule has 106 valence electrons. The normalized spacial score (nSPS) is 10.3. The molecule has 19 heavy (non-hydrogen) atoms. The quantitative estimate of drug-likeness (QED) is 0.659. The molecule has 0 saturated heterocycles. The van der Waals surface area contributed by atoms with Crippen LogP contribution >= 0.6 is 0 Å². The van der Waals surface area contributed by atoms with Crippen molar-refractivity contribution in [2.24, 2.45) is 5.14 Å². The Hall–Kier alpha value is -2.07. The minimum atomic E-state index is -4.31. The van der Waals surface area contributed by atoms with E-state index >= 15 is 0 Å². The highest BCUT2D eigenvalue weighted by atomic mass is 32.2. The first-order chi connectivity index (χ1) is 8.64. The van der Waals surface area contributed by atoms with Gasteiger partial charge in [-0.3, -0.25) is 20.2 Å². The lowest BCUT2D eigenvalue weighted by atomic mass is 10.2. The topological polar surface area (TPSA) is 146 Å². The van der Waals surface area contributed by atoms with Gasteiger partial charge in [-0.2, -0.15) is 0 Å². The number of aryl methyl sites for hydroxylation is 1. The maximum Gasteiger partial charge on any atom is 0.296 e. The summed E-state index contributed by atoms with van der Waals surface area (Å²) in [5.41, 5.74) is -1.47. The second-order valence-corrected chi connectivity index (χ2v) is 4.70. The Labute approximate surface area is 109 Å². The molecule has 0 bridgehead atoms. The number of nitrogens with zero attached hydrogens (tertiary/aromatic N) is 2. The number of nitro groups is 2. The van der Waals surface area contributed by atoms with Crippen molar-refractivity contribution in [3.63, 3.8) is 0 Å². The summed E-state index contributed by atoms with van der Waals surface area (Å²) in [7, 11) is -4.31. The zero-order valence-electron chi connectivity index (χ0n) is 10.5. The molecule has 9 nitrogen and oxygen atoms in total. The largest absolute Gasteiger partial charge is 0.296 e. The molecule has 0 radical (unpaired) electrons. The van der Waals surface area contributed by atoms with Gasteiger partial charge in [0.15, 0.2) is 4.90 Å². The van der Waals surface area contributed by atoms with Crippen LogP contribution in [-0.4, -0.2) is 18.3 Å². The third-order valence-electron chi connectivity index (χ3n) is 1.98. The molecule has 0 atom stereocenters. The Morgan fingerprint density at radius 2 is 1.47 bits per heavy atom. The highest BCUT2D eigenvalue weighted by molar-refractivity contribution is 7.89. The van der Waals surface area contributed by atoms with Crippen molar-refractivity contribution in [2.45, 2.75) is 25.7 Å². The van der Waals surface area contributed by atoms with E-state index in [1.165, 1.54) is 6.92 Å². The minimum Gasteiger partial charge on any atom is -0.258 e. The van der Waals surface area contributed by atoms with Gasteiger partial charge in [-0.15, -0.1) is 0 Å². The first-order valence-electron chi connectivity index (χ1n) is 5.11. The van der Waals surface area contributed by atoms with Crippen LogP contribution in [0.25, 0.3) is 0 Å². The number of hydrogen-bond donors (Lipinski definition) is 1. The molecular formula is C9H13N3O6S. The standard InChI is InChI=1S/C7H7N3O6S.C2H6/c1-4-2-7(17(8,15)16)6(10(13)14)3-5(4)9(11)12;1-2/h2-3H,1H3,(H2,8,15,16);1-2H3. The van der Waals surface area contributed by atoms with Crippen molar-refractivity contribution in [1.29, 1.82) is 0 Å². The highest BCUT2D eigenvalue weighted by Gasteiger charge is 2.28. The van der Waals surface area contributed by atoms with Crippen molar-refractivity contribution < 1.29 is 18.3 Å². The number of hydrogen-bond acceptors (Lipinski definition) is 6. The molecule has 0 amide bonds. The van der Waals surface area contributed by atoms with E-state index in [9.17, 15) is 28.6 Å². The van der Waals surface area contributed by atoms with Gasteiger partial charge in [-0.05, 0) is 13.0 Å². The molecule has 0 aromatic heterocycles. The lowest BCUT2D eigenvalue weighted by Gasteiger charge is -2.02. The fourth-order valence-corrected chi connectivity index (χ4v) is 1.99. The lowest BCUT2D eigenvalue weighted by Crippen LogP contribution is -2.15. The first-order valence-corrected chi connectivity index (χ1v) is 6.65. The zero-order valence-corrected chi connectivity index (χ0v) is 11.3. The van der Waals surface area contributed by atoms with Crippen molar-refractivity contribution in [1.82, 2.24) is 0 Å². The average molecular weight is 291 g/mol. The lowest BCUT2D eigenvalue weighted by molar-refractivity contribution is -0.396. The van der Waals surface area contributed by atoms with Crippen molar-refractivity contribution in [2.75, 3.05) is 0 Å². The minimum absolute atomic E-state index is 0.0235. The summed E-state index contributed by atoms with van der Waals surface area (Å²) in [5, 5.41) is 26.0.